The molecule has 0 saturated heterocycles. The average molecular weight is 302 g/mol. The highest BCUT2D eigenvalue weighted by molar-refractivity contribution is 5.77. The first-order chi connectivity index (χ1) is 10.1. The quantitative estimate of drug-likeness (QED) is 0.538. The maximum Gasteiger partial charge on any atom is 0.508 e. The lowest BCUT2D eigenvalue weighted by atomic mass is 9.79. The van der Waals surface area contributed by atoms with E-state index in [1.54, 1.807) is 13.8 Å². The summed E-state index contributed by atoms with van der Waals surface area (Å²) in [5.74, 6) is -0.267. The minimum absolute atomic E-state index is 0.0324. The number of rotatable bonds is 11. The van der Waals surface area contributed by atoms with E-state index in [2.05, 4.69) is 13.8 Å². The molecule has 124 valence electrons. The fraction of sp³-hybridized carbons (Fsp3) is 0.875. The zero-order valence-corrected chi connectivity index (χ0v) is 13.9. The Balaban J connectivity index is 4.94. The summed E-state index contributed by atoms with van der Waals surface area (Å²) in [6.45, 7) is 8.27. The molecule has 0 heterocycles. The van der Waals surface area contributed by atoms with Crippen LogP contribution in [0.3, 0.4) is 0 Å². The minimum Gasteiger partial charge on any atom is -0.465 e. The number of esters is 1. The molecule has 21 heavy (non-hydrogen) atoms. The van der Waals surface area contributed by atoms with E-state index < -0.39 is 11.6 Å². The molecule has 0 radical (unpaired) electrons. The van der Waals surface area contributed by atoms with Gasteiger partial charge < -0.3 is 14.2 Å². The van der Waals surface area contributed by atoms with E-state index in [4.69, 9.17) is 14.2 Å². The smallest absolute Gasteiger partial charge is 0.465 e. The molecule has 0 atom stereocenters. The molecular formula is C16H30O5. The van der Waals surface area contributed by atoms with Crippen LogP contribution in [0, 0.1) is 5.41 Å². The van der Waals surface area contributed by atoms with Crippen molar-refractivity contribution in [1.82, 2.24) is 0 Å². The van der Waals surface area contributed by atoms with Crippen LogP contribution in [0.4, 0.5) is 4.79 Å². The van der Waals surface area contributed by atoms with Crippen LogP contribution in [-0.4, -0.2) is 31.9 Å². The fourth-order valence-corrected chi connectivity index (χ4v) is 2.20. The molecule has 0 fully saturated rings. The number of carbonyl (C=O) groups is 2. The second-order valence-electron chi connectivity index (χ2n) is 5.18. The van der Waals surface area contributed by atoms with Gasteiger partial charge in [0.1, 0.15) is 12.0 Å². The van der Waals surface area contributed by atoms with Gasteiger partial charge in [0.2, 0.25) is 0 Å². The van der Waals surface area contributed by atoms with E-state index in [0.29, 0.717) is 19.4 Å². The summed E-state index contributed by atoms with van der Waals surface area (Å²) in [5, 5.41) is 0. The Hall–Kier alpha value is -1.26. The van der Waals surface area contributed by atoms with Crippen molar-refractivity contribution in [2.45, 2.75) is 66.2 Å². The summed E-state index contributed by atoms with van der Waals surface area (Å²) in [6, 6.07) is 0. The van der Waals surface area contributed by atoms with Gasteiger partial charge in [-0.1, -0.05) is 39.5 Å². The van der Waals surface area contributed by atoms with Gasteiger partial charge in [0.15, 0.2) is 0 Å². The molecule has 0 aliphatic carbocycles. The van der Waals surface area contributed by atoms with Crippen LogP contribution in [0.15, 0.2) is 0 Å². The summed E-state index contributed by atoms with van der Waals surface area (Å²) in [6.07, 6.45) is 4.37. The molecule has 5 heteroatoms. The second-order valence-corrected chi connectivity index (χ2v) is 5.18. The minimum atomic E-state index is -0.741. The molecule has 0 rings (SSSR count). The highest BCUT2D eigenvalue weighted by Crippen LogP contribution is 2.33. The van der Waals surface area contributed by atoms with Gasteiger partial charge in [-0.2, -0.15) is 0 Å². The van der Waals surface area contributed by atoms with Crippen molar-refractivity contribution >= 4 is 12.1 Å². The molecule has 0 saturated carbocycles. The number of carbonyl (C=O) groups excluding carboxylic acids is 2. The monoisotopic (exact) mass is 302 g/mol. The lowest BCUT2D eigenvalue weighted by Gasteiger charge is -2.30. The molecule has 0 aromatic carbocycles. The van der Waals surface area contributed by atoms with Crippen LogP contribution in [0.1, 0.15) is 66.2 Å². The molecule has 5 nitrogen and oxygen atoms in total. The van der Waals surface area contributed by atoms with Crippen molar-refractivity contribution < 1.29 is 23.8 Å². The number of hydrogen-bond acceptors (Lipinski definition) is 5. The maximum atomic E-state index is 12.4. The van der Waals surface area contributed by atoms with Crippen molar-refractivity contribution in [1.29, 1.82) is 0 Å². The first-order valence-electron chi connectivity index (χ1n) is 8.03. The summed E-state index contributed by atoms with van der Waals surface area (Å²) in [4.78, 5) is 23.8. The standard InChI is InChI=1S/C16H30O5/c1-5-9-11-16(12-10-6-2,14(17)19-7-3)13-21-15(18)20-8-4/h5-13H2,1-4H3. The Kier molecular flexibility index (Phi) is 10.7. The van der Waals surface area contributed by atoms with Gasteiger partial charge in [-0.15, -0.1) is 0 Å². The molecule has 0 amide bonds. The number of ether oxygens (including phenoxy) is 3. The van der Waals surface area contributed by atoms with Crippen LogP contribution < -0.4 is 0 Å². The first kappa shape index (κ1) is 19.7. The topological polar surface area (TPSA) is 61.8 Å². The molecule has 0 aromatic rings. The van der Waals surface area contributed by atoms with Gasteiger partial charge in [-0.05, 0) is 26.7 Å². The van der Waals surface area contributed by atoms with E-state index in [0.717, 1.165) is 25.7 Å². The normalized spacial score (nSPS) is 11.0. The largest absolute Gasteiger partial charge is 0.508 e. The van der Waals surface area contributed by atoms with Crippen molar-refractivity contribution in [3.8, 4) is 0 Å². The van der Waals surface area contributed by atoms with Crippen LogP contribution in [0.2, 0.25) is 0 Å². The van der Waals surface area contributed by atoms with Crippen LogP contribution >= 0.6 is 0 Å². The van der Waals surface area contributed by atoms with Gasteiger partial charge in [0.05, 0.1) is 13.2 Å². The molecule has 0 aromatic heterocycles. The van der Waals surface area contributed by atoms with Gasteiger partial charge in [-0.25, -0.2) is 4.79 Å². The Morgan fingerprint density at radius 2 is 1.33 bits per heavy atom. The Morgan fingerprint density at radius 1 is 0.810 bits per heavy atom. The number of hydrogen-bond donors (Lipinski definition) is 0. The van der Waals surface area contributed by atoms with E-state index in [9.17, 15) is 9.59 Å². The second kappa shape index (κ2) is 11.4. The molecule has 0 N–H and O–H groups in total. The molecule has 0 bridgehead atoms. The highest BCUT2D eigenvalue weighted by Gasteiger charge is 2.40. The maximum absolute atomic E-state index is 12.4. The van der Waals surface area contributed by atoms with Crippen molar-refractivity contribution in [2.24, 2.45) is 5.41 Å². The summed E-state index contributed by atoms with van der Waals surface area (Å²) in [5.41, 5.74) is -0.741. The van der Waals surface area contributed by atoms with E-state index in [-0.39, 0.29) is 19.2 Å². The predicted molar refractivity (Wildman–Crippen MR) is 81.1 cm³/mol. The summed E-state index contributed by atoms with van der Waals surface area (Å²) < 4.78 is 15.1. The predicted octanol–water partition coefficient (Wildman–Crippen LogP) is 4.09. The Bertz CT molecular complexity index is 293. The SMILES string of the molecule is CCCCC(CCCC)(COC(=O)OCC)C(=O)OCC. The molecule has 0 unspecified atom stereocenters. The zero-order chi connectivity index (χ0) is 16.1. The van der Waals surface area contributed by atoms with Gasteiger partial charge in [-0.3, -0.25) is 4.79 Å². The van der Waals surface area contributed by atoms with E-state index in [1.165, 1.54) is 0 Å². The van der Waals surface area contributed by atoms with Crippen LogP contribution in [0.5, 0.6) is 0 Å². The lowest BCUT2D eigenvalue weighted by Crippen LogP contribution is -2.38. The third-order valence-corrected chi connectivity index (χ3v) is 3.45. The van der Waals surface area contributed by atoms with E-state index in [1.807, 2.05) is 0 Å². The third-order valence-electron chi connectivity index (χ3n) is 3.45. The summed E-state index contributed by atoms with van der Waals surface area (Å²) in [7, 11) is 0. The van der Waals surface area contributed by atoms with Gasteiger partial charge in [0, 0.05) is 0 Å². The van der Waals surface area contributed by atoms with Crippen molar-refractivity contribution in [2.75, 3.05) is 19.8 Å². The fourth-order valence-electron chi connectivity index (χ4n) is 2.20. The van der Waals surface area contributed by atoms with Gasteiger partial charge >= 0.3 is 12.1 Å². The van der Waals surface area contributed by atoms with Crippen molar-refractivity contribution in [3.05, 3.63) is 0 Å². The number of unbranched alkanes of at least 4 members (excludes halogenated alkanes) is 2. The molecule has 0 aliphatic rings. The van der Waals surface area contributed by atoms with Crippen molar-refractivity contribution in [3.63, 3.8) is 0 Å². The summed E-state index contributed by atoms with van der Waals surface area (Å²) >= 11 is 0. The van der Waals surface area contributed by atoms with Crippen LogP contribution in [0.25, 0.3) is 0 Å². The average Bonchev–Trinajstić information content (AvgIpc) is 2.47. The van der Waals surface area contributed by atoms with E-state index >= 15 is 0 Å². The highest BCUT2D eigenvalue weighted by atomic mass is 16.7. The molecule has 0 spiro atoms. The molecular weight excluding hydrogens is 272 g/mol. The Labute approximate surface area is 128 Å². The Morgan fingerprint density at radius 3 is 1.76 bits per heavy atom. The third kappa shape index (κ3) is 7.34. The zero-order valence-electron chi connectivity index (χ0n) is 13.9. The first-order valence-corrected chi connectivity index (χ1v) is 8.03. The molecule has 0 aliphatic heterocycles. The lowest BCUT2D eigenvalue weighted by molar-refractivity contribution is -0.160. The van der Waals surface area contributed by atoms with Gasteiger partial charge in [0.25, 0.3) is 0 Å². The van der Waals surface area contributed by atoms with Crippen LogP contribution in [-0.2, 0) is 19.0 Å².